The van der Waals surface area contributed by atoms with E-state index in [1.807, 2.05) is 0 Å². The molecule has 1 aliphatic rings. The lowest BCUT2D eigenvalue weighted by Crippen LogP contribution is -2.41. The Morgan fingerprint density at radius 1 is 1.59 bits per heavy atom. The minimum Gasteiger partial charge on any atom is -0.355 e. The van der Waals surface area contributed by atoms with Crippen LogP contribution in [0.15, 0.2) is 17.3 Å². The lowest BCUT2D eigenvalue weighted by Gasteiger charge is -2.09. The van der Waals surface area contributed by atoms with Crippen molar-refractivity contribution >= 4 is 11.9 Å². The second kappa shape index (κ2) is 5.33. The van der Waals surface area contributed by atoms with Crippen LogP contribution in [-0.4, -0.2) is 47.7 Å². The molecule has 0 aromatic carbocycles. The molecule has 7 nitrogen and oxygen atoms in total. The molecule has 1 aromatic rings. The van der Waals surface area contributed by atoms with E-state index in [4.69, 9.17) is 0 Å². The summed E-state index contributed by atoms with van der Waals surface area (Å²) in [5.41, 5.74) is 0.468. The maximum atomic E-state index is 11.5. The first-order valence-corrected chi connectivity index (χ1v) is 5.58. The quantitative estimate of drug-likeness (QED) is 0.508. The average Bonchev–Trinajstić information content (AvgIpc) is 2.95. The second-order valence-corrected chi connectivity index (χ2v) is 3.89. The number of hydrogen-bond acceptors (Lipinski definition) is 5. The highest BCUT2D eigenvalue weighted by Crippen LogP contribution is 1.92. The Balaban J connectivity index is 1.62. The zero-order chi connectivity index (χ0) is 12.1. The zero-order valence-corrected chi connectivity index (χ0v) is 9.66. The minimum absolute atomic E-state index is 0.154. The van der Waals surface area contributed by atoms with Gasteiger partial charge < -0.3 is 16.0 Å². The van der Waals surface area contributed by atoms with E-state index >= 15 is 0 Å². The molecular weight excluding hydrogens is 220 g/mol. The van der Waals surface area contributed by atoms with Gasteiger partial charge in [0.1, 0.15) is 5.69 Å². The number of nitrogens with one attached hydrogen (secondary N) is 4. The molecule has 1 unspecified atom stereocenters. The number of amides is 1. The number of H-pyrrole nitrogens is 1. The topological polar surface area (TPSA) is 94.2 Å². The summed E-state index contributed by atoms with van der Waals surface area (Å²) in [7, 11) is 0. The number of hydrogen-bond donors (Lipinski definition) is 4. The molecule has 1 atom stereocenters. The largest absolute Gasteiger partial charge is 0.355 e. The summed E-state index contributed by atoms with van der Waals surface area (Å²) in [6.07, 6.45) is 1.55. The van der Waals surface area contributed by atoms with Crippen LogP contribution in [0.2, 0.25) is 0 Å². The molecule has 0 aliphatic carbocycles. The smallest absolute Gasteiger partial charge is 0.269 e. The molecule has 0 radical (unpaired) electrons. The third-order valence-corrected chi connectivity index (χ3v) is 2.35. The van der Waals surface area contributed by atoms with Crippen LogP contribution in [0.3, 0.4) is 0 Å². The van der Waals surface area contributed by atoms with Crippen molar-refractivity contribution in [3.8, 4) is 0 Å². The van der Waals surface area contributed by atoms with Crippen molar-refractivity contribution in [3.63, 3.8) is 0 Å². The molecule has 4 N–H and O–H groups in total. The lowest BCUT2D eigenvalue weighted by atomic mass is 10.4. The third-order valence-electron chi connectivity index (χ3n) is 2.35. The van der Waals surface area contributed by atoms with Crippen molar-refractivity contribution in [2.75, 3.05) is 19.6 Å². The van der Waals surface area contributed by atoms with E-state index in [0.29, 0.717) is 24.8 Å². The number of carbonyl (C=O) groups excluding carboxylic acids is 1. The molecule has 0 saturated carbocycles. The first-order valence-electron chi connectivity index (χ1n) is 5.58. The van der Waals surface area contributed by atoms with E-state index in [2.05, 4.69) is 38.1 Å². The van der Waals surface area contributed by atoms with Crippen molar-refractivity contribution in [3.05, 3.63) is 18.0 Å². The normalized spacial score (nSPS) is 18.4. The van der Waals surface area contributed by atoms with Gasteiger partial charge in [-0.3, -0.25) is 14.9 Å². The Hall–Kier alpha value is -2.05. The highest BCUT2D eigenvalue weighted by molar-refractivity contribution is 5.92. The number of aromatic nitrogens is 2. The first kappa shape index (κ1) is 11.4. The van der Waals surface area contributed by atoms with Crippen LogP contribution in [0.5, 0.6) is 0 Å². The van der Waals surface area contributed by atoms with Crippen LogP contribution in [0.4, 0.5) is 0 Å². The second-order valence-electron chi connectivity index (χ2n) is 3.89. The van der Waals surface area contributed by atoms with Crippen LogP contribution in [0.1, 0.15) is 17.4 Å². The average molecular weight is 236 g/mol. The monoisotopic (exact) mass is 236 g/mol. The van der Waals surface area contributed by atoms with Crippen molar-refractivity contribution in [2.45, 2.75) is 13.0 Å². The molecule has 17 heavy (non-hydrogen) atoms. The van der Waals surface area contributed by atoms with E-state index in [9.17, 15) is 4.79 Å². The van der Waals surface area contributed by atoms with Gasteiger partial charge in [-0.2, -0.15) is 5.10 Å². The van der Waals surface area contributed by atoms with Gasteiger partial charge in [0, 0.05) is 25.3 Å². The zero-order valence-electron chi connectivity index (χ0n) is 9.66. The maximum absolute atomic E-state index is 11.5. The number of guanidine groups is 1. The molecule has 0 bridgehead atoms. The van der Waals surface area contributed by atoms with E-state index in [1.54, 1.807) is 12.3 Å². The van der Waals surface area contributed by atoms with Gasteiger partial charge >= 0.3 is 0 Å². The van der Waals surface area contributed by atoms with Crippen LogP contribution in [0.25, 0.3) is 0 Å². The highest BCUT2D eigenvalue weighted by Gasteiger charge is 2.11. The van der Waals surface area contributed by atoms with Crippen molar-refractivity contribution in [1.29, 1.82) is 0 Å². The Bertz CT molecular complexity index is 399. The summed E-state index contributed by atoms with van der Waals surface area (Å²) in [5, 5.41) is 15.4. The van der Waals surface area contributed by atoms with Gasteiger partial charge in [0.25, 0.3) is 5.91 Å². The summed E-state index contributed by atoms with van der Waals surface area (Å²) in [5.74, 6) is 0.646. The SMILES string of the molecule is CC1CN=C(NCCNC(=O)c2ccn[nH]2)N1. The predicted molar refractivity (Wildman–Crippen MR) is 63.8 cm³/mol. The van der Waals surface area contributed by atoms with Crippen molar-refractivity contribution in [1.82, 2.24) is 26.1 Å². The third kappa shape index (κ3) is 3.20. The molecular formula is C10H16N6O. The van der Waals surface area contributed by atoms with E-state index in [0.717, 1.165) is 12.5 Å². The van der Waals surface area contributed by atoms with Crippen molar-refractivity contribution < 1.29 is 4.79 Å². The molecule has 7 heteroatoms. The Morgan fingerprint density at radius 2 is 2.47 bits per heavy atom. The molecule has 0 spiro atoms. The first-order chi connectivity index (χ1) is 8.25. The fraction of sp³-hybridized carbons (Fsp3) is 0.500. The molecule has 2 heterocycles. The van der Waals surface area contributed by atoms with Gasteiger partial charge in [0.05, 0.1) is 6.54 Å². The van der Waals surface area contributed by atoms with Crippen LogP contribution < -0.4 is 16.0 Å². The Kier molecular flexibility index (Phi) is 3.59. The van der Waals surface area contributed by atoms with Crippen molar-refractivity contribution in [2.24, 2.45) is 4.99 Å². The molecule has 1 aliphatic heterocycles. The van der Waals surface area contributed by atoms with E-state index in [-0.39, 0.29) is 5.91 Å². The molecule has 0 fully saturated rings. The van der Waals surface area contributed by atoms with Crippen LogP contribution in [-0.2, 0) is 0 Å². The summed E-state index contributed by atoms with van der Waals surface area (Å²) >= 11 is 0. The van der Waals surface area contributed by atoms with Gasteiger partial charge in [-0.1, -0.05) is 0 Å². The highest BCUT2D eigenvalue weighted by atomic mass is 16.1. The molecule has 0 saturated heterocycles. The predicted octanol–water partition coefficient (Wildman–Crippen LogP) is -0.923. The summed E-state index contributed by atoms with van der Waals surface area (Å²) in [4.78, 5) is 15.7. The Labute approximate surface area is 99.1 Å². The molecule has 2 rings (SSSR count). The fourth-order valence-corrected chi connectivity index (χ4v) is 1.49. The fourth-order valence-electron chi connectivity index (χ4n) is 1.49. The summed E-state index contributed by atoms with van der Waals surface area (Å²) in [6, 6.07) is 2.02. The summed E-state index contributed by atoms with van der Waals surface area (Å²) in [6.45, 7) is 4.03. The molecule has 1 aromatic heterocycles. The van der Waals surface area contributed by atoms with E-state index in [1.165, 1.54) is 0 Å². The minimum atomic E-state index is -0.154. The van der Waals surface area contributed by atoms with Crippen LogP contribution >= 0.6 is 0 Å². The van der Waals surface area contributed by atoms with Crippen LogP contribution in [0, 0.1) is 0 Å². The number of aromatic amines is 1. The lowest BCUT2D eigenvalue weighted by molar-refractivity contribution is 0.0949. The van der Waals surface area contributed by atoms with Gasteiger partial charge in [0.15, 0.2) is 5.96 Å². The standard InChI is InChI=1S/C10H16N6O/c1-7-6-13-10(15-7)12-5-4-11-9(17)8-2-3-14-16-8/h2-3,7H,4-6H2,1H3,(H,11,17)(H,14,16)(H2,12,13,15). The number of nitrogens with zero attached hydrogens (tertiary/aromatic N) is 2. The van der Waals surface area contributed by atoms with E-state index < -0.39 is 0 Å². The van der Waals surface area contributed by atoms with Gasteiger partial charge in [0.2, 0.25) is 0 Å². The number of carbonyl (C=O) groups is 1. The summed E-state index contributed by atoms with van der Waals surface area (Å²) < 4.78 is 0. The molecule has 92 valence electrons. The Morgan fingerprint density at radius 3 is 3.12 bits per heavy atom. The van der Waals surface area contributed by atoms with Gasteiger partial charge in [-0.05, 0) is 13.0 Å². The molecule has 1 amide bonds. The maximum Gasteiger partial charge on any atom is 0.269 e. The van der Waals surface area contributed by atoms with Gasteiger partial charge in [-0.15, -0.1) is 0 Å². The number of aliphatic imine (C=N–C) groups is 1. The number of rotatable bonds is 4. The van der Waals surface area contributed by atoms with Gasteiger partial charge in [-0.25, -0.2) is 0 Å².